The van der Waals surface area contributed by atoms with Crippen molar-refractivity contribution in [3.63, 3.8) is 0 Å². The number of carbonyl (C=O) groups is 3. The zero-order valence-corrected chi connectivity index (χ0v) is 27.2. The van der Waals surface area contributed by atoms with Crippen LogP contribution >= 0.6 is 11.6 Å². The molecule has 0 spiro atoms. The number of carbonyl (C=O) groups excluding carboxylic acids is 3. The Labute approximate surface area is 256 Å². The molecule has 0 radical (unpaired) electrons. The van der Waals surface area contributed by atoms with Crippen molar-refractivity contribution in [2.45, 2.75) is 105 Å². The molecule has 3 unspecified atom stereocenters. The number of hydrogen-bond acceptors (Lipinski definition) is 5. The van der Waals surface area contributed by atoms with Crippen molar-refractivity contribution in [1.82, 2.24) is 10.2 Å². The fourth-order valence-electron chi connectivity index (χ4n) is 4.71. The Bertz CT molecular complexity index is 1190. The van der Waals surface area contributed by atoms with Gasteiger partial charge in [0.15, 0.2) is 0 Å². The number of anilines is 1. The van der Waals surface area contributed by atoms with E-state index in [0.29, 0.717) is 35.0 Å². The van der Waals surface area contributed by atoms with Gasteiger partial charge in [-0.2, -0.15) is 0 Å². The van der Waals surface area contributed by atoms with Crippen LogP contribution in [0.3, 0.4) is 0 Å². The first-order valence-electron chi connectivity index (χ1n) is 14.7. The average molecular weight is 602 g/mol. The van der Waals surface area contributed by atoms with Gasteiger partial charge in [-0.1, -0.05) is 63.6 Å². The molecular formula is C33H48ClN3O5. The monoisotopic (exact) mass is 601 g/mol. The summed E-state index contributed by atoms with van der Waals surface area (Å²) in [5.74, 6) is -0.372. The van der Waals surface area contributed by atoms with Crippen LogP contribution in [0.25, 0.3) is 0 Å². The Morgan fingerprint density at radius 3 is 2.10 bits per heavy atom. The standard InChI is InChI=1S/C33H48ClN3O5/c1-20(2)13-14-23(6)37(31(40)27(19-21(3)4)35-32(41)42-33(7,8)9)29(24-15-17-25(38)18-16-24)30(39)36-28-22(5)11-10-12-26(28)34/h10-12,15-18,20-21,23,27,29,38H,13-14,19H2,1-9H3,(H,35,41)(H,36,39). The Morgan fingerprint density at radius 2 is 1.57 bits per heavy atom. The van der Waals surface area contributed by atoms with Crippen molar-refractivity contribution in [1.29, 1.82) is 0 Å². The van der Waals surface area contributed by atoms with Crippen molar-refractivity contribution in [3.8, 4) is 5.75 Å². The number of ether oxygens (including phenoxy) is 1. The van der Waals surface area contributed by atoms with Crippen molar-refractivity contribution < 1.29 is 24.2 Å². The molecule has 0 heterocycles. The maximum Gasteiger partial charge on any atom is 0.408 e. The number of aryl methyl sites for hydroxylation is 1. The Kier molecular flexibility index (Phi) is 12.7. The molecule has 2 rings (SSSR count). The van der Waals surface area contributed by atoms with Crippen LogP contribution in [0.2, 0.25) is 5.02 Å². The molecule has 2 aromatic carbocycles. The van der Waals surface area contributed by atoms with Crippen LogP contribution in [0.4, 0.5) is 10.5 Å². The SMILES string of the molecule is Cc1cccc(Cl)c1NC(=O)C(c1ccc(O)cc1)N(C(=O)C(CC(C)C)NC(=O)OC(C)(C)C)C(C)CCC(C)C. The average Bonchev–Trinajstić information content (AvgIpc) is 2.86. The Balaban J connectivity index is 2.66. The van der Waals surface area contributed by atoms with Crippen LogP contribution < -0.4 is 10.6 Å². The van der Waals surface area contributed by atoms with Gasteiger partial charge in [0.2, 0.25) is 5.91 Å². The fraction of sp³-hybridized carbons (Fsp3) is 0.545. The predicted molar refractivity (Wildman–Crippen MR) is 169 cm³/mol. The summed E-state index contributed by atoms with van der Waals surface area (Å²) in [6, 6.07) is 9.19. The summed E-state index contributed by atoms with van der Waals surface area (Å²) in [5.41, 5.74) is 0.998. The zero-order chi connectivity index (χ0) is 31.8. The van der Waals surface area contributed by atoms with E-state index in [1.165, 1.54) is 12.1 Å². The first kappa shape index (κ1) is 34.9. The number of rotatable bonds is 12. The molecule has 9 heteroatoms. The highest BCUT2D eigenvalue weighted by Crippen LogP contribution is 2.32. The van der Waals surface area contributed by atoms with E-state index in [0.717, 1.165) is 12.0 Å². The normalized spacial score (nSPS) is 13.8. The van der Waals surface area contributed by atoms with E-state index in [9.17, 15) is 19.5 Å². The number of halogens is 1. The van der Waals surface area contributed by atoms with Crippen LogP contribution in [0.5, 0.6) is 5.75 Å². The maximum atomic E-state index is 14.5. The van der Waals surface area contributed by atoms with Gasteiger partial charge in [-0.15, -0.1) is 0 Å². The largest absolute Gasteiger partial charge is 0.508 e. The zero-order valence-electron chi connectivity index (χ0n) is 26.5. The molecule has 2 aromatic rings. The third kappa shape index (κ3) is 10.5. The van der Waals surface area contributed by atoms with Crippen molar-refractivity contribution >= 4 is 35.2 Å². The maximum absolute atomic E-state index is 14.5. The number of para-hydroxylation sites is 1. The van der Waals surface area contributed by atoms with E-state index in [-0.39, 0.29) is 17.7 Å². The number of nitrogens with zero attached hydrogens (tertiary/aromatic N) is 1. The quantitative estimate of drug-likeness (QED) is 0.232. The molecule has 3 atom stereocenters. The molecule has 0 aliphatic heterocycles. The second-order valence-corrected chi connectivity index (χ2v) is 13.2. The number of benzene rings is 2. The van der Waals surface area contributed by atoms with Crippen molar-refractivity contribution in [2.24, 2.45) is 11.8 Å². The first-order chi connectivity index (χ1) is 19.5. The topological polar surface area (TPSA) is 108 Å². The lowest BCUT2D eigenvalue weighted by Gasteiger charge is -2.39. The lowest BCUT2D eigenvalue weighted by atomic mass is 9.95. The summed E-state index contributed by atoms with van der Waals surface area (Å²) in [5, 5.41) is 16.1. The number of alkyl carbamates (subject to hydrolysis) is 1. The lowest BCUT2D eigenvalue weighted by Crippen LogP contribution is -2.55. The van der Waals surface area contributed by atoms with Gasteiger partial charge in [-0.3, -0.25) is 9.59 Å². The van der Waals surface area contributed by atoms with Crippen LogP contribution in [-0.4, -0.2) is 45.6 Å². The highest BCUT2D eigenvalue weighted by Gasteiger charge is 2.39. The molecule has 3 amide bonds. The molecule has 8 nitrogen and oxygen atoms in total. The summed E-state index contributed by atoms with van der Waals surface area (Å²) in [7, 11) is 0. The summed E-state index contributed by atoms with van der Waals surface area (Å²) in [6.45, 7) is 17.2. The second-order valence-electron chi connectivity index (χ2n) is 12.8. The van der Waals surface area contributed by atoms with Crippen molar-refractivity contribution in [2.75, 3.05) is 5.32 Å². The van der Waals surface area contributed by atoms with Crippen molar-refractivity contribution in [3.05, 3.63) is 58.6 Å². The van der Waals surface area contributed by atoms with E-state index in [1.54, 1.807) is 49.9 Å². The molecule has 0 saturated heterocycles. The molecule has 0 aliphatic rings. The van der Waals surface area contributed by atoms with E-state index < -0.39 is 35.6 Å². The summed E-state index contributed by atoms with van der Waals surface area (Å²) < 4.78 is 5.49. The van der Waals surface area contributed by atoms with Crippen LogP contribution in [-0.2, 0) is 14.3 Å². The number of hydrogen-bond donors (Lipinski definition) is 3. The minimum absolute atomic E-state index is 0.0369. The third-order valence-electron chi connectivity index (χ3n) is 6.79. The highest BCUT2D eigenvalue weighted by atomic mass is 35.5. The number of amides is 3. The predicted octanol–water partition coefficient (Wildman–Crippen LogP) is 7.63. The van der Waals surface area contributed by atoms with Gasteiger partial charge in [0.1, 0.15) is 23.4 Å². The number of phenolic OH excluding ortho intramolecular Hbond substituents is 1. The van der Waals surface area contributed by atoms with Gasteiger partial charge in [0, 0.05) is 6.04 Å². The first-order valence-corrected chi connectivity index (χ1v) is 15.0. The Morgan fingerprint density at radius 1 is 0.952 bits per heavy atom. The fourth-order valence-corrected chi connectivity index (χ4v) is 4.98. The molecule has 232 valence electrons. The summed E-state index contributed by atoms with van der Waals surface area (Å²) >= 11 is 6.46. The molecule has 0 aliphatic carbocycles. The van der Waals surface area contributed by atoms with E-state index in [4.69, 9.17) is 16.3 Å². The van der Waals surface area contributed by atoms with Crippen LogP contribution in [0.15, 0.2) is 42.5 Å². The van der Waals surface area contributed by atoms with Gasteiger partial charge in [0.05, 0.1) is 10.7 Å². The van der Waals surface area contributed by atoms with Crippen LogP contribution in [0.1, 0.15) is 91.8 Å². The number of nitrogens with one attached hydrogen (secondary N) is 2. The summed E-state index contributed by atoms with van der Waals surface area (Å²) in [4.78, 5) is 43.2. The van der Waals surface area contributed by atoms with Gasteiger partial charge in [-0.05, 0) is 95.0 Å². The van der Waals surface area contributed by atoms with E-state index >= 15 is 0 Å². The van der Waals surface area contributed by atoms with Gasteiger partial charge < -0.3 is 25.4 Å². The molecular weight excluding hydrogens is 554 g/mol. The Hall–Kier alpha value is -3.26. The molecule has 42 heavy (non-hydrogen) atoms. The summed E-state index contributed by atoms with van der Waals surface area (Å²) in [6.07, 6.45) is 1.11. The minimum atomic E-state index is -1.08. The smallest absolute Gasteiger partial charge is 0.408 e. The third-order valence-corrected chi connectivity index (χ3v) is 7.11. The van der Waals surface area contributed by atoms with E-state index in [1.807, 2.05) is 33.8 Å². The van der Waals surface area contributed by atoms with Gasteiger partial charge in [-0.25, -0.2) is 4.79 Å². The van der Waals surface area contributed by atoms with Crippen LogP contribution in [0, 0.1) is 18.8 Å². The molecule has 3 N–H and O–H groups in total. The minimum Gasteiger partial charge on any atom is -0.508 e. The highest BCUT2D eigenvalue weighted by molar-refractivity contribution is 6.34. The lowest BCUT2D eigenvalue weighted by molar-refractivity contribution is -0.144. The van der Waals surface area contributed by atoms with E-state index in [2.05, 4.69) is 24.5 Å². The molecule has 0 bridgehead atoms. The van der Waals surface area contributed by atoms with Gasteiger partial charge >= 0.3 is 6.09 Å². The molecule has 0 fully saturated rings. The number of phenols is 1. The second kappa shape index (κ2) is 15.3. The molecule has 0 aromatic heterocycles. The number of aromatic hydroxyl groups is 1. The molecule has 0 saturated carbocycles. The van der Waals surface area contributed by atoms with Gasteiger partial charge in [0.25, 0.3) is 5.91 Å².